The number of nitrogens with zero attached hydrogens (tertiary/aromatic N) is 1. The first kappa shape index (κ1) is 25.1. The molecule has 0 atom stereocenters. The maximum Gasteiger partial charge on any atom is 0.0541 e. The Morgan fingerprint density at radius 2 is 0.902 bits per heavy atom. The molecule has 1 heteroatoms. The van der Waals surface area contributed by atoms with Crippen molar-refractivity contribution in [2.75, 3.05) is 0 Å². The monoisotopic (exact) mass is 527 g/mol. The first-order valence-electron chi connectivity index (χ1n) is 14.4. The quantitative estimate of drug-likeness (QED) is 0.214. The maximum atomic E-state index is 2.37. The number of fused-ring (bicyclic) bond motifs is 3. The average molecular weight is 528 g/mol. The summed E-state index contributed by atoms with van der Waals surface area (Å²) in [6, 6.07) is 53.0. The molecule has 7 rings (SSSR count). The highest BCUT2D eigenvalue weighted by atomic mass is 15.0. The van der Waals surface area contributed by atoms with Gasteiger partial charge in [0.15, 0.2) is 0 Å². The molecule has 0 spiro atoms. The maximum absolute atomic E-state index is 2.37. The van der Waals surface area contributed by atoms with Crippen molar-refractivity contribution in [3.63, 3.8) is 0 Å². The average Bonchev–Trinajstić information content (AvgIpc) is 3.35. The Balaban J connectivity index is 1.30. The summed E-state index contributed by atoms with van der Waals surface area (Å²) < 4.78 is 2.37. The Morgan fingerprint density at radius 1 is 0.390 bits per heavy atom. The summed E-state index contributed by atoms with van der Waals surface area (Å²) in [7, 11) is 0. The van der Waals surface area contributed by atoms with Gasteiger partial charge in [0.25, 0.3) is 0 Å². The van der Waals surface area contributed by atoms with Crippen LogP contribution in [0.1, 0.15) is 26.3 Å². The van der Waals surface area contributed by atoms with E-state index in [0.29, 0.717) is 0 Å². The Bertz CT molecular complexity index is 1990. The first-order chi connectivity index (χ1) is 20.0. The smallest absolute Gasteiger partial charge is 0.0541 e. The van der Waals surface area contributed by atoms with E-state index in [1.54, 1.807) is 0 Å². The number of benzene rings is 6. The fourth-order valence-electron chi connectivity index (χ4n) is 5.89. The van der Waals surface area contributed by atoms with Crippen LogP contribution in [0.25, 0.3) is 60.9 Å². The molecule has 0 bridgehead atoms. The Kier molecular flexibility index (Phi) is 6.09. The van der Waals surface area contributed by atoms with Gasteiger partial charge >= 0.3 is 0 Å². The zero-order chi connectivity index (χ0) is 28.0. The van der Waals surface area contributed by atoms with Crippen molar-refractivity contribution < 1.29 is 0 Å². The van der Waals surface area contributed by atoms with Gasteiger partial charge in [0.05, 0.1) is 11.0 Å². The number of rotatable bonds is 4. The van der Waals surface area contributed by atoms with Gasteiger partial charge in [-0.1, -0.05) is 130 Å². The molecule has 1 aromatic heterocycles. The summed E-state index contributed by atoms with van der Waals surface area (Å²) in [5.74, 6) is 0. The molecule has 0 aliphatic rings. The topological polar surface area (TPSA) is 4.93 Å². The normalized spacial score (nSPS) is 11.8. The number of hydrogen-bond acceptors (Lipinski definition) is 0. The van der Waals surface area contributed by atoms with Crippen molar-refractivity contribution in [2.45, 2.75) is 26.2 Å². The van der Waals surface area contributed by atoms with E-state index in [1.165, 1.54) is 66.4 Å². The van der Waals surface area contributed by atoms with Gasteiger partial charge in [-0.05, 0) is 80.8 Å². The third kappa shape index (κ3) is 4.64. The minimum absolute atomic E-state index is 0.0633. The summed E-state index contributed by atoms with van der Waals surface area (Å²) in [6.07, 6.45) is 0. The largest absolute Gasteiger partial charge is 0.309 e. The highest BCUT2D eigenvalue weighted by Gasteiger charge is 2.17. The number of hydrogen-bond donors (Lipinski definition) is 0. The molecule has 6 aromatic carbocycles. The molecule has 0 aliphatic carbocycles. The first-order valence-corrected chi connectivity index (χ1v) is 14.4. The van der Waals surface area contributed by atoms with Crippen LogP contribution in [0.2, 0.25) is 0 Å². The molecule has 7 aromatic rings. The lowest BCUT2D eigenvalue weighted by Gasteiger charge is -2.22. The zero-order valence-electron chi connectivity index (χ0n) is 23.8. The van der Waals surface area contributed by atoms with Crippen molar-refractivity contribution in [3.8, 4) is 39.1 Å². The van der Waals surface area contributed by atoms with Crippen LogP contribution in [0.3, 0.4) is 0 Å². The van der Waals surface area contributed by atoms with E-state index in [4.69, 9.17) is 0 Å². The molecular formula is C40H33N. The van der Waals surface area contributed by atoms with Gasteiger partial charge in [-0.25, -0.2) is 0 Å². The Hall–Kier alpha value is -4.88. The molecule has 0 amide bonds. The van der Waals surface area contributed by atoms with Crippen molar-refractivity contribution in [1.29, 1.82) is 0 Å². The minimum atomic E-state index is 0.0633. The molecule has 41 heavy (non-hydrogen) atoms. The van der Waals surface area contributed by atoms with E-state index < -0.39 is 0 Å². The van der Waals surface area contributed by atoms with Crippen LogP contribution in [-0.4, -0.2) is 4.57 Å². The van der Waals surface area contributed by atoms with E-state index in [2.05, 4.69) is 171 Å². The van der Waals surface area contributed by atoms with Crippen LogP contribution >= 0.6 is 0 Å². The molecule has 1 heterocycles. The van der Waals surface area contributed by atoms with E-state index in [0.717, 1.165) is 0 Å². The predicted octanol–water partition coefficient (Wildman–Crippen LogP) is 11.1. The predicted molar refractivity (Wildman–Crippen MR) is 176 cm³/mol. The standard InChI is InChI=1S/C40H33N/c1-40(2,3)34-25-32(28-12-6-4-7-13-28)24-33(26-34)30-20-18-29(19-21-30)31-22-23-39-37(27-31)36-16-10-11-17-38(36)41(39)35-14-8-5-9-15-35/h4-27H,1-3H3. The molecule has 1 nitrogen and oxygen atoms in total. The third-order valence-electron chi connectivity index (χ3n) is 8.14. The summed E-state index contributed by atoms with van der Waals surface area (Å²) >= 11 is 0. The number of aromatic nitrogens is 1. The van der Waals surface area contributed by atoms with E-state index >= 15 is 0 Å². The Morgan fingerprint density at radius 3 is 1.56 bits per heavy atom. The van der Waals surface area contributed by atoms with Crippen molar-refractivity contribution in [1.82, 2.24) is 4.57 Å². The second kappa shape index (κ2) is 9.94. The zero-order valence-corrected chi connectivity index (χ0v) is 23.8. The summed E-state index contributed by atoms with van der Waals surface area (Å²) in [6.45, 7) is 6.86. The van der Waals surface area contributed by atoms with Crippen molar-refractivity contribution in [3.05, 3.63) is 151 Å². The summed E-state index contributed by atoms with van der Waals surface area (Å²) in [5, 5.41) is 2.55. The molecule has 0 aliphatic heterocycles. The lowest BCUT2D eigenvalue weighted by atomic mass is 9.83. The lowest BCUT2D eigenvalue weighted by Crippen LogP contribution is -2.11. The van der Waals surface area contributed by atoms with Crippen LogP contribution in [0.4, 0.5) is 0 Å². The van der Waals surface area contributed by atoms with Crippen LogP contribution in [0, 0.1) is 0 Å². The van der Waals surface area contributed by atoms with Crippen LogP contribution < -0.4 is 0 Å². The minimum Gasteiger partial charge on any atom is -0.309 e. The van der Waals surface area contributed by atoms with Crippen molar-refractivity contribution in [2.24, 2.45) is 0 Å². The van der Waals surface area contributed by atoms with Gasteiger partial charge < -0.3 is 4.57 Å². The highest BCUT2D eigenvalue weighted by Crippen LogP contribution is 2.37. The Labute approximate surface area is 242 Å². The van der Waals surface area contributed by atoms with Crippen molar-refractivity contribution >= 4 is 21.8 Å². The summed E-state index contributed by atoms with van der Waals surface area (Å²) in [5.41, 5.74) is 12.5. The number of para-hydroxylation sites is 2. The third-order valence-corrected chi connectivity index (χ3v) is 8.14. The van der Waals surface area contributed by atoms with Gasteiger partial charge in [0.2, 0.25) is 0 Å². The van der Waals surface area contributed by atoms with Gasteiger partial charge in [0, 0.05) is 16.5 Å². The highest BCUT2D eigenvalue weighted by molar-refractivity contribution is 6.10. The molecule has 0 fully saturated rings. The van der Waals surface area contributed by atoms with Gasteiger partial charge in [0.1, 0.15) is 0 Å². The molecule has 0 saturated carbocycles. The second-order valence-electron chi connectivity index (χ2n) is 11.9. The van der Waals surface area contributed by atoms with Crippen LogP contribution in [-0.2, 0) is 5.41 Å². The van der Waals surface area contributed by atoms with Gasteiger partial charge in [-0.15, -0.1) is 0 Å². The van der Waals surface area contributed by atoms with Gasteiger partial charge in [-0.3, -0.25) is 0 Å². The van der Waals surface area contributed by atoms with Crippen LogP contribution in [0.15, 0.2) is 146 Å². The molecule has 0 unspecified atom stereocenters. The van der Waals surface area contributed by atoms with E-state index in [1.807, 2.05) is 0 Å². The lowest BCUT2D eigenvalue weighted by molar-refractivity contribution is 0.590. The molecular weight excluding hydrogens is 494 g/mol. The molecule has 0 N–H and O–H groups in total. The molecule has 0 saturated heterocycles. The van der Waals surface area contributed by atoms with E-state index in [9.17, 15) is 0 Å². The fourth-order valence-corrected chi connectivity index (χ4v) is 5.89. The molecule has 198 valence electrons. The summed E-state index contributed by atoms with van der Waals surface area (Å²) in [4.78, 5) is 0. The van der Waals surface area contributed by atoms with E-state index in [-0.39, 0.29) is 5.41 Å². The van der Waals surface area contributed by atoms with Crippen LogP contribution in [0.5, 0.6) is 0 Å². The SMILES string of the molecule is CC(C)(C)c1cc(-c2ccccc2)cc(-c2ccc(-c3ccc4c(c3)c3ccccc3n4-c3ccccc3)cc2)c1. The van der Waals surface area contributed by atoms with Gasteiger partial charge in [-0.2, -0.15) is 0 Å². The fraction of sp³-hybridized carbons (Fsp3) is 0.100. The molecule has 0 radical (unpaired) electrons. The second-order valence-corrected chi connectivity index (χ2v) is 11.9.